The van der Waals surface area contributed by atoms with Gasteiger partial charge in [0.25, 0.3) is 0 Å². The second-order valence-corrected chi connectivity index (χ2v) is 14.0. The van der Waals surface area contributed by atoms with Crippen molar-refractivity contribution in [3.05, 3.63) is 109 Å². The van der Waals surface area contributed by atoms with Gasteiger partial charge in [0.05, 0.1) is 11.8 Å². The van der Waals surface area contributed by atoms with E-state index in [1.54, 1.807) is 6.33 Å². The number of piperazine rings is 1. The number of para-hydroxylation sites is 1. The molecule has 2 aliphatic rings. The average molecular weight is 872 g/mol. The van der Waals surface area contributed by atoms with Crippen LogP contribution in [0.3, 0.4) is 0 Å². The summed E-state index contributed by atoms with van der Waals surface area (Å²) in [6.45, 7) is 4.68. The number of anilines is 2. The molecule has 9 N–H and O–H groups in total. The molecule has 0 atom stereocenters. The zero-order valence-corrected chi connectivity index (χ0v) is 34.2. The average Bonchev–Trinajstić information content (AvgIpc) is 3.64. The van der Waals surface area contributed by atoms with Gasteiger partial charge in [0.15, 0.2) is 0 Å². The molecule has 63 heavy (non-hydrogen) atoms. The normalized spacial score (nSPS) is 16.5. The molecule has 0 radical (unpaired) electrons. The van der Waals surface area contributed by atoms with Crippen LogP contribution in [0, 0.1) is 0 Å². The number of carbonyl (C=O) groups is 7. The molecule has 1 amide bonds. The van der Waals surface area contributed by atoms with Crippen molar-refractivity contribution in [3.63, 3.8) is 0 Å². The summed E-state index contributed by atoms with van der Waals surface area (Å²) in [6.07, 6.45) is 12.2. The summed E-state index contributed by atoms with van der Waals surface area (Å²) in [7, 11) is 2.22. The lowest BCUT2D eigenvalue weighted by atomic mass is 9.89. The van der Waals surface area contributed by atoms with Crippen LogP contribution >= 0.6 is 0 Å². The highest BCUT2D eigenvalue weighted by atomic mass is 16.4. The highest BCUT2D eigenvalue weighted by Crippen LogP contribution is 2.39. The maximum atomic E-state index is 12.5. The molecule has 1 aliphatic heterocycles. The van der Waals surface area contributed by atoms with Gasteiger partial charge in [-0.25, -0.2) is 38.7 Å². The van der Waals surface area contributed by atoms with E-state index in [0.717, 1.165) is 59.3 Å². The van der Waals surface area contributed by atoms with Crippen LogP contribution in [0.4, 0.5) is 11.5 Å². The van der Waals surface area contributed by atoms with Gasteiger partial charge in [0.1, 0.15) is 17.8 Å². The van der Waals surface area contributed by atoms with E-state index in [1.807, 2.05) is 42.5 Å². The topological polar surface area (TPSA) is 316 Å². The number of fused-ring (bicyclic) bond motifs is 1. The Morgan fingerprint density at radius 3 is 1.57 bits per heavy atom. The smallest absolute Gasteiger partial charge is 0.328 e. The summed E-state index contributed by atoms with van der Waals surface area (Å²) in [5.74, 6) is -7.07. The number of nitrogens with two attached hydrogens (primary N) is 1. The second kappa shape index (κ2) is 25.2. The molecule has 0 spiro atoms. The molecule has 20 nitrogen and oxygen atoms in total. The monoisotopic (exact) mass is 871 g/mol. The summed E-state index contributed by atoms with van der Waals surface area (Å²) in [5, 5.41) is 50.7. The number of carboxylic acid groups (broad SMARTS) is 6. The number of benzene rings is 2. The first-order chi connectivity index (χ1) is 29.9. The third kappa shape index (κ3) is 17.8. The lowest BCUT2D eigenvalue weighted by Gasteiger charge is -2.41. The van der Waals surface area contributed by atoms with Gasteiger partial charge in [-0.2, -0.15) is 0 Å². The van der Waals surface area contributed by atoms with Crippen LogP contribution in [-0.4, -0.2) is 136 Å². The Kier molecular flexibility index (Phi) is 19.8. The third-order valence-corrected chi connectivity index (χ3v) is 9.55. The number of aliphatic carboxylic acids is 6. The molecule has 0 unspecified atom stereocenters. The number of hydrogen-bond donors (Lipinski definition) is 8. The van der Waals surface area contributed by atoms with Crippen LogP contribution in [0.5, 0.6) is 0 Å². The SMILES string of the molecule is CN1CCN(C2CCC(n3cc(-c4ccc(CC(=O)Nc5ccccc5)cc4)c4c(N)ncnc43)CC2)CC1.O=C(O)/C=C\C(=O)O.O=C(O)/C=C\C(=O)O.O=C(O)/C=C\C(=O)O. The second-order valence-electron chi connectivity index (χ2n) is 14.0. The van der Waals surface area contributed by atoms with Crippen LogP contribution in [0.25, 0.3) is 22.2 Å². The number of carbonyl (C=O) groups excluding carboxylic acids is 1. The first-order valence-electron chi connectivity index (χ1n) is 19.3. The van der Waals surface area contributed by atoms with Crippen molar-refractivity contribution in [3.8, 4) is 11.1 Å². The number of carboxylic acids is 6. The molecule has 2 aromatic heterocycles. The van der Waals surface area contributed by atoms with E-state index < -0.39 is 35.8 Å². The van der Waals surface area contributed by atoms with E-state index in [-0.39, 0.29) is 5.91 Å². The Morgan fingerprint density at radius 2 is 1.11 bits per heavy atom. The highest BCUT2D eigenvalue weighted by Gasteiger charge is 2.30. The van der Waals surface area contributed by atoms with E-state index >= 15 is 0 Å². The molecule has 3 heterocycles. The van der Waals surface area contributed by atoms with Crippen LogP contribution < -0.4 is 11.1 Å². The van der Waals surface area contributed by atoms with Crippen molar-refractivity contribution in [1.29, 1.82) is 0 Å². The zero-order valence-electron chi connectivity index (χ0n) is 34.2. The summed E-state index contributed by atoms with van der Waals surface area (Å²) in [6, 6.07) is 18.8. The van der Waals surface area contributed by atoms with Crippen molar-refractivity contribution in [1.82, 2.24) is 24.3 Å². The van der Waals surface area contributed by atoms with Crippen molar-refractivity contribution in [2.45, 2.75) is 44.2 Å². The maximum Gasteiger partial charge on any atom is 0.328 e. The molecule has 2 fully saturated rings. The molecule has 1 aliphatic carbocycles. The quantitative estimate of drug-likeness (QED) is 0.0940. The molecule has 2 aromatic carbocycles. The molecule has 1 saturated heterocycles. The van der Waals surface area contributed by atoms with Crippen LogP contribution in [0.2, 0.25) is 0 Å². The Hall–Kier alpha value is -7.71. The van der Waals surface area contributed by atoms with E-state index in [9.17, 15) is 33.6 Å². The van der Waals surface area contributed by atoms with Gasteiger partial charge in [0.2, 0.25) is 5.91 Å². The zero-order chi connectivity index (χ0) is 46.5. The van der Waals surface area contributed by atoms with Crippen LogP contribution in [0.1, 0.15) is 37.3 Å². The van der Waals surface area contributed by atoms with E-state index in [2.05, 4.69) is 55.0 Å². The standard InChI is InChI=1S/C31H37N7O.3C4H4O4/c1-36-15-17-37(18-16-36)25-11-13-26(14-12-25)38-20-27(29-30(32)33-21-34-31(29)38)23-9-7-22(8-10-23)19-28(39)35-24-5-3-2-4-6-24;3*5-3(6)1-2-4(7)8/h2-10,20-21,25-26H,11-19H2,1H3,(H,35,39)(H2,32,33,34);3*1-2H,(H,5,6)(H,7,8)/b;3*2-1-. The van der Waals surface area contributed by atoms with E-state index in [1.165, 1.54) is 25.9 Å². The number of nitrogens with zero attached hydrogens (tertiary/aromatic N) is 5. The Morgan fingerprint density at radius 1 is 0.651 bits per heavy atom. The van der Waals surface area contributed by atoms with Gasteiger partial charge in [-0.1, -0.05) is 42.5 Å². The number of hydrogen-bond acceptors (Lipinski definition) is 12. The Bertz CT molecular complexity index is 2160. The van der Waals surface area contributed by atoms with Crippen molar-refractivity contribution < 1.29 is 64.2 Å². The molecule has 334 valence electrons. The fourth-order valence-electron chi connectivity index (χ4n) is 6.64. The summed E-state index contributed by atoms with van der Waals surface area (Å²) in [5.41, 5.74) is 11.2. The summed E-state index contributed by atoms with van der Waals surface area (Å²) < 4.78 is 2.34. The maximum absolute atomic E-state index is 12.5. The molecule has 20 heteroatoms. The Labute approximate surface area is 360 Å². The van der Waals surface area contributed by atoms with Gasteiger partial charge in [-0.3, -0.25) is 9.69 Å². The first-order valence-corrected chi connectivity index (χ1v) is 19.3. The number of nitrogens with one attached hydrogen (secondary N) is 1. The predicted molar refractivity (Wildman–Crippen MR) is 230 cm³/mol. The summed E-state index contributed by atoms with van der Waals surface area (Å²) >= 11 is 0. The van der Waals surface area contributed by atoms with Crippen LogP contribution in [-0.2, 0) is 40.0 Å². The largest absolute Gasteiger partial charge is 0.478 e. The number of nitrogen functional groups attached to an aromatic ring is 1. The van der Waals surface area contributed by atoms with Crippen molar-refractivity contribution in [2.24, 2.45) is 0 Å². The van der Waals surface area contributed by atoms with Crippen LogP contribution in [0.15, 0.2) is 104 Å². The fourth-order valence-corrected chi connectivity index (χ4v) is 6.64. The molecule has 1 saturated carbocycles. The number of likely N-dealkylation sites (N-methyl/N-ethyl adjacent to an activating group) is 1. The van der Waals surface area contributed by atoms with E-state index in [0.29, 0.717) is 60.8 Å². The number of aromatic nitrogens is 3. The molecule has 4 aromatic rings. The minimum Gasteiger partial charge on any atom is -0.478 e. The Balaban J connectivity index is 0.000000360. The number of rotatable bonds is 12. The molecule has 0 bridgehead atoms. The third-order valence-electron chi connectivity index (χ3n) is 9.55. The molecule has 6 rings (SSSR count). The fraction of sp³-hybridized carbons (Fsp3) is 0.279. The van der Waals surface area contributed by atoms with Gasteiger partial charge in [0, 0.05) is 92.2 Å². The van der Waals surface area contributed by atoms with Gasteiger partial charge in [-0.15, -0.1) is 0 Å². The summed E-state index contributed by atoms with van der Waals surface area (Å²) in [4.78, 5) is 84.0. The van der Waals surface area contributed by atoms with Gasteiger partial charge < -0.3 is 51.2 Å². The minimum atomic E-state index is -1.26. The minimum absolute atomic E-state index is 0.0321. The molecular formula is C43H49N7O13. The predicted octanol–water partition coefficient (Wildman–Crippen LogP) is 3.73. The van der Waals surface area contributed by atoms with Gasteiger partial charge in [-0.05, 0) is 56.0 Å². The molecular weight excluding hydrogens is 823 g/mol. The van der Waals surface area contributed by atoms with Crippen molar-refractivity contribution >= 4 is 64.3 Å². The lowest BCUT2D eigenvalue weighted by molar-refractivity contribution is -0.134. The highest BCUT2D eigenvalue weighted by molar-refractivity contribution is 6.01. The number of amides is 1. The van der Waals surface area contributed by atoms with Gasteiger partial charge >= 0.3 is 35.8 Å². The lowest BCUT2D eigenvalue weighted by Crippen LogP contribution is -2.49. The first kappa shape index (κ1) is 49.7. The van der Waals surface area contributed by atoms with Crippen molar-refractivity contribution in [2.75, 3.05) is 44.3 Å². The van der Waals surface area contributed by atoms with E-state index in [4.69, 9.17) is 36.4 Å².